The summed E-state index contributed by atoms with van der Waals surface area (Å²) in [6.45, 7) is 1.18. The Morgan fingerprint density at radius 1 is 1.15 bits per heavy atom. The Balaban J connectivity index is 1.50. The Bertz CT molecular complexity index is 869. The summed E-state index contributed by atoms with van der Waals surface area (Å²) in [6.07, 6.45) is 10.6. The standard InChI is InChI=1S/C23H27NO3/c1-25-18-7-5-14-11-15-16-6-8-19(26-2)22-23(16,20(14)21(18)27-22)10-9-17(15)24-12-13-3-4-13/h5-8,13,15,17,22,24H,3-4,9-12H2,1-2H3/t15-,17-,22?,23+/m1/s1. The van der Waals surface area contributed by atoms with Crippen LogP contribution in [0.15, 0.2) is 35.6 Å². The van der Waals surface area contributed by atoms with Crippen LogP contribution < -0.4 is 14.8 Å². The van der Waals surface area contributed by atoms with E-state index < -0.39 is 0 Å². The lowest BCUT2D eigenvalue weighted by Crippen LogP contribution is -2.56. The second-order valence-corrected chi connectivity index (χ2v) is 8.80. The Morgan fingerprint density at radius 2 is 2.04 bits per heavy atom. The molecule has 2 saturated carbocycles. The third-order valence-corrected chi connectivity index (χ3v) is 7.53. The number of allylic oxidation sites excluding steroid dienone is 2. The van der Waals surface area contributed by atoms with Gasteiger partial charge >= 0.3 is 0 Å². The van der Waals surface area contributed by atoms with E-state index in [4.69, 9.17) is 14.2 Å². The van der Waals surface area contributed by atoms with Gasteiger partial charge in [-0.15, -0.1) is 0 Å². The van der Waals surface area contributed by atoms with Crippen molar-refractivity contribution < 1.29 is 14.2 Å². The molecule has 2 bridgehead atoms. The molecule has 1 aliphatic heterocycles. The zero-order valence-corrected chi connectivity index (χ0v) is 16.1. The summed E-state index contributed by atoms with van der Waals surface area (Å²) in [5.74, 6) is 4.19. The van der Waals surface area contributed by atoms with Gasteiger partial charge in [0.2, 0.25) is 0 Å². The summed E-state index contributed by atoms with van der Waals surface area (Å²) in [5, 5.41) is 3.92. The second-order valence-electron chi connectivity index (χ2n) is 8.80. The van der Waals surface area contributed by atoms with Gasteiger partial charge in [-0.2, -0.15) is 0 Å². The van der Waals surface area contributed by atoms with Crippen LogP contribution >= 0.6 is 0 Å². The van der Waals surface area contributed by atoms with Crippen molar-refractivity contribution in [1.29, 1.82) is 0 Å². The molecule has 0 aromatic heterocycles. The van der Waals surface area contributed by atoms with Crippen LogP contribution in [0, 0.1) is 11.8 Å². The smallest absolute Gasteiger partial charge is 0.169 e. The predicted octanol–water partition coefficient (Wildman–Crippen LogP) is 3.50. The van der Waals surface area contributed by atoms with Crippen LogP contribution in [0.5, 0.6) is 11.5 Å². The topological polar surface area (TPSA) is 39.7 Å². The van der Waals surface area contributed by atoms with Gasteiger partial charge in [-0.25, -0.2) is 0 Å². The number of rotatable bonds is 5. The van der Waals surface area contributed by atoms with Gasteiger partial charge in [0, 0.05) is 17.5 Å². The molecule has 4 nitrogen and oxygen atoms in total. The molecule has 4 atom stereocenters. The average Bonchev–Trinajstić information content (AvgIpc) is 3.45. The molecule has 1 aromatic carbocycles. The number of hydrogen-bond acceptors (Lipinski definition) is 4. The first-order valence-electron chi connectivity index (χ1n) is 10.3. The van der Waals surface area contributed by atoms with Crippen molar-refractivity contribution in [2.45, 2.75) is 49.7 Å². The lowest BCUT2D eigenvalue weighted by Gasteiger charge is -2.52. The van der Waals surface area contributed by atoms with Gasteiger partial charge in [-0.3, -0.25) is 0 Å². The van der Waals surface area contributed by atoms with Crippen molar-refractivity contribution in [3.8, 4) is 11.5 Å². The summed E-state index contributed by atoms with van der Waals surface area (Å²) in [7, 11) is 3.49. The van der Waals surface area contributed by atoms with Gasteiger partial charge in [0.15, 0.2) is 17.6 Å². The predicted molar refractivity (Wildman–Crippen MR) is 103 cm³/mol. The highest BCUT2D eigenvalue weighted by molar-refractivity contribution is 5.67. The third-order valence-electron chi connectivity index (χ3n) is 7.53. The number of hydrogen-bond donors (Lipinski definition) is 1. The molecule has 4 aliphatic carbocycles. The van der Waals surface area contributed by atoms with Crippen LogP contribution in [-0.2, 0) is 16.6 Å². The van der Waals surface area contributed by atoms with E-state index in [1.807, 2.05) is 0 Å². The largest absolute Gasteiger partial charge is 0.497 e. The molecule has 142 valence electrons. The fourth-order valence-electron chi connectivity index (χ4n) is 6.10. The quantitative estimate of drug-likeness (QED) is 0.867. The molecular weight excluding hydrogens is 338 g/mol. The normalized spacial score (nSPS) is 35.0. The number of benzene rings is 1. The third kappa shape index (κ3) is 2.02. The van der Waals surface area contributed by atoms with E-state index in [9.17, 15) is 0 Å². The number of nitrogens with one attached hydrogen (secondary N) is 1. The van der Waals surface area contributed by atoms with E-state index in [1.165, 1.54) is 36.9 Å². The molecule has 1 heterocycles. The maximum absolute atomic E-state index is 6.57. The summed E-state index contributed by atoms with van der Waals surface area (Å²) < 4.78 is 18.0. The Morgan fingerprint density at radius 3 is 2.81 bits per heavy atom. The molecule has 0 amide bonds. The van der Waals surface area contributed by atoms with Gasteiger partial charge in [-0.1, -0.05) is 17.7 Å². The van der Waals surface area contributed by atoms with E-state index in [0.717, 1.165) is 36.0 Å². The van der Waals surface area contributed by atoms with E-state index in [-0.39, 0.29) is 11.5 Å². The molecule has 1 spiro atoms. The molecule has 1 unspecified atom stereocenters. The summed E-state index contributed by atoms with van der Waals surface area (Å²) in [5.41, 5.74) is 4.29. The zero-order valence-electron chi connectivity index (χ0n) is 16.1. The van der Waals surface area contributed by atoms with Crippen LogP contribution in [0.25, 0.3) is 0 Å². The Labute approximate surface area is 160 Å². The average molecular weight is 365 g/mol. The first-order valence-corrected chi connectivity index (χ1v) is 10.3. The minimum atomic E-state index is -0.0695. The second kappa shape index (κ2) is 5.54. The summed E-state index contributed by atoms with van der Waals surface area (Å²) in [6, 6.07) is 4.92. The van der Waals surface area contributed by atoms with Gasteiger partial charge in [0.1, 0.15) is 5.76 Å². The highest BCUT2D eigenvalue weighted by atomic mass is 16.6. The molecule has 27 heavy (non-hydrogen) atoms. The molecule has 6 rings (SSSR count). The van der Waals surface area contributed by atoms with Crippen molar-refractivity contribution in [1.82, 2.24) is 5.32 Å². The van der Waals surface area contributed by atoms with Crippen LogP contribution in [0.3, 0.4) is 0 Å². The van der Waals surface area contributed by atoms with Crippen LogP contribution in [0.1, 0.15) is 36.8 Å². The Kier molecular flexibility index (Phi) is 3.29. The fourth-order valence-corrected chi connectivity index (χ4v) is 6.10. The van der Waals surface area contributed by atoms with Crippen molar-refractivity contribution in [3.63, 3.8) is 0 Å². The van der Waals surface area contributed by atoms with Crippen LogP contribution in [0.2, 0.25) is 0 Å². The number of methoxy groups -OCH3 is 2. The molecule has 1 aromatic rings. The van der Waals surface area contributed by atoms with Crippen molar-refractivity contribution in [2.75, 3.05) is 20.8 Å². The minimum Gasteiger partial charge on any atom is -0.497 e. The van der Waals surface area contributed by atoms with Gasteiger partial charge < -0.3 is 19.5 Å². The summed E-state index contributed by atoms with van der Waals surface area (Å²) in [4.78, 5) is 0. The molecule has 2 fully saturated rings. The summed E-state index contributed by atoms with van der Waals surface area (Å²) >= 11 is 0. The Hall–Kier alpha value is -1.94. The lowest BCUT2D eigenvalue weighted by molar-refractivity contribution is 0.0868. The zero-order chi connectivity index (χ0) is 18.2. The SMILES string of the molecule is COC1=CC=C2[C@H]3Cc4ccc(OC)c5c4[C@@]2(CC[C@H]3NCC2CC2)C1O5. The molecule has 1 N–H and O–H groups in total. The van der Waals surface area contributed by atoms with Crippen molar-refractivity contribution in [3.05, 3.63) is 46.7 Å². The van der Waals surface area contributed by atoms with Crippen molar-refractivity contribution in [2.24, 2.45) is 11.8 Å². The maximum atomic E-state index is 6.57. The maximum Gasteiger partial charge on any atom is 0.169 e. The van der Waals surface area contributed by atoms with E-state index in [1.54, 1.807) is 19.8 Å². The molecule has 5 aliphatic rings. The molecule has 0 radical (unpaired) electrons. The van der Waals surface area contributed by atoms with Crippen LogP contribution in [0.4, 0.5) is 0 Å². The number of ether oxygens (including phenoxy) is 3. The minimum absolute atomic E-state index is 0.0558. The van der Waals surface area contributed by atoms with E-state index in [0.29, 0.717) is 12.0 Å². The molecule has 4 heteroatoms. The first kappa shape index (κ1) is 16.1. The van der Waals surface area contributed by atoms with Gasteiger partial charge in [0.05, 0.1) is 19.6 Å². The van der Waals surface area contributed by atoms with E-state index in [2.05, 4.69) is 29.6 Å². The molecule has 0 saturated heterocycles. The lowest BCUT2D eigenvalue weighted by atomic mass is 9.52. The highest BCUT2D eigenvalue weighted by Crippen LogP contribution is 2.64. The molecular formula is C23H27NO3. The van der Waals surface area contributed by atoms with Gasteiger partial charge in [-0.05, 0) is 62.3 Å². The van der Waals surface area contributed by atoms with Gasteiger partial charge in [0.25, 0.3) is 0 Å². The van der Waals surface area contributed by atoms with Crippen molar-refractivity contribution >= 4 is 0 Å². The van der Waals surface area contributed by atoms with E-state index >= 15 is 0 Å². The van der Waals surface area contributed by atoms with Crippen LogP contribution in [-0.4, -0.2) is 32.9 Å². The monoisotopic (exact) mass is 365 g/mol. The highest BCUT2D eigenvalue weighted by Gasteiger charge is 2.62. The fraction of sp³-hybridized carbons (Fsp3) is 0.565. The first-order chi connectivity index (χ1) is 13.3.